The molecule has 0 aromatic carbocycles. The standard InChI is InChI=1S/C13H17NO4S/c1-3-8-7-9(11(15)16)10(19-8)14-12(17)13(2)5-4-6-18-13/h7H,3-6H2,1-2H3,(H,14,17)(H,15,16). The van der Waals surface area contributed by atoms with E-state index >= 15 is 0 Å². The Balaban J connectivity index is 2.20. The molecular weight excluding hydrogens is 266 g/mol. The van der Waals surface area contributed by atoms with Gasteiger partial charge in [-0.3, -0.25) is 4.79 Å². The SMILES string of the molecule is CCc1cc(C(=O)O)c(NC(=O)C2(C)CCCO2)s1. The maximum absolute atomic E-state index is 12.2. The van der Waals surface area contributed by atoms with Gasteiger partial charge >= 0.3 is 5.97 Å². The van der Waals surface area contributed by atoms with E-state index in [-0.39, 0.29) is 11.5 Å². The predicted octanol–water partition coefficient (Wildman–Crippen LogP) is 2.52. The lowest BCUT2D eigenvalue weighted by molar-refractivity contribution is -0.133. The maximum atomic E-state index is 12.2. The normalized spacial score (nSPS) is 22.4. The molecule has 1 saturated heterocycles. The van der Waals surface area contributed by atoms with Gasteiger partial charge in [0.15, 0.2) is 0 Å². The number of amides is 1. The Hall–Kier alpha value is -1.40. The van der Waals surface area contributed by atoms with Crippen LogP contribution in [0.4, 0.5) is 5.00 Å². The van der Waals surface area contributed by atoms with Crippen molar-refractivity contribution in [3.05, 3.63) is 16.5 Å². The summed E-state index contributed by atoms with van der Waals surface area (Å²) < 4.78 is 5.45. The Morgan fingerprint density at radius 1 is 1.58 bits per heavy atom. The van der Waals surface area contributed by atoms with Crippen LogP contribution >= 0.6 is 11.3 Å². The average molecular weight is 283 g/mol. The molecule has 1 atom stereocenters. The second-order valence-corrected chi connectivity index (χ2v) is 5.89. The highest BCUT2D eigenvalue weighted by molar-refractivity contribution is 7.16. The van der Waals surface area contributed by atoms with Crippen LogP contribution in [0.3, 0.4) is 0 Å². The van der Waals surface area contributed by atoms with E-state index in [2.05, 4.69) is 5.32 Å². The first-order chi connectivity index (χ1) is 8.96. The monoisotopic (exact) mass is 283 g/mol. The lowest BCUT2D eigenvalue weighted by Gasteiger charge is -2.21. The summed E-state index contributed by atoms with van der Waals surface area (Å²) in [6.45, 7) is 4.26. The summed E-state index contributed by atoms with van der Waals surface area (Å²) >= 11 is 1.31. The number of nitrogens with one attached hydrogen (secondary N) is 1. The number of hydrogen-bond acceptors (Lipinski definition) is 4. The molecule has 1 aliphatic rings. The molecular formula is C13H17NO4S. The molecule has 1 amide bonds. The van der Waals surface area contributed by atoms with Gasteiger partial charge in [-0.15, -0.1) is 11.3 Å². The second kappa shape index (κ2) is 5.30. The summed E-state index contributed by atoms with van der Waals surface area (Å²) in [6, 6.07) is 1.61. The van der Waals surface area contributed by atoms with Gasteiger partial charge in [0, 0.05) is 11.5 Å². The molecule has 5 nitrogen and oxygen atoms in total. The van der Waals surface area contributed by atoms with Gasteiger partial charge in [0.1, 0.15) is 10.6 Å². The number of rotatable bonds is 4. The fourth-order valence-electron chi connectivity index (χ4n) is 2.06. The van der Waals surface area contributed by atoms with Crippen molar-refractivity contribution < 1.29 is 19.4 Å². The summed E-state index contributed by atoms with van der Waals surface area (Å²) in [6.07, 6.45) is 2.25. The van der Waals surface area contributed by atoms with Crippen molar-refractivity contribution in [2.45, 2.75) is 38.7 Å². The molecule has 2 heterocycles. The summed E-state index contributed by atoms with van der Waals surface area (Å²) in [5.74, 6) is -1.29. The van der Waals surface area contributed by atoms with Gasteiger partial charge in [0.2, 0.25) is 0 Å². The zero-order chi connectivity index (χ0) is 14.0. The molecule has 0 radical (unpaired) electrons. The van der Waals surface area contributed by atoms with E-state index in [1.54, 1.807) is 13.0 Å². The third-order valence-corrected chi connectivity index (χ3v) is 4.48. The zero-order valence-electron chi connectivity index (χ0n) is 11.0. The second-order valence-electron chi connectivity index (χ2n) is 4.75. The number of aromatic carboxylic acids is 1. The molecule has 0 saturated carbocycles. The molecule has 0 spiro atoms. The lowest BCUT2D eigenvalue weighted by atomic mass is 10.0. The van der Waals surface area contributed by atoms with Gasteiger partial charge in [0.25, 0.3) is 5.91 Å². The number of carbonyl (C=O) groups is 2. The lowest BCUT2D eigenvalue weighted by Crippen LogP contribution is -2.39. The van der Waals surface area contributed by atoms with Crippen LogP contribution in [-0.4, -0.2) is 29.2 Å². The number of ether oxygens (including phenoxy) is 1. The number of carboxylic acids is 1. The number of hydrogen-bond donors (Lipinski definition) is 2. The van der Waals surface area contributed by atoms with Crippen molar-refractivity contribution in [1.82, 2.24) is 0 Å². The molecule has 0 aliphatic carbocycles. The van der Waals surface area contributed by atoms with Crippen LogP contribution in [0, 0.1) is 0 Å². The average Bonchev–Trinajstić information content (AvgIpc) is 2.96. The van der Waals surface area contributed by atoms with Gasteiger partial charge < -0.3 is 15.2 Å². The topological polar surface area (TPSA) is 75.6 Å². The van der Waals surface area contributed by atoms with Crippen molar-refractivity contribution in [1.29, 1.82) is 0 Å². The van der Waals surface area contributed by atoms with E-state index in [4.69, 9.17) is 9.84 Å². The van der Waals surface area contributed by atoms with E-state index in [1.165, 1.54) is 11.3 Å². The Morgan fingerprint density at radius 3 is 2.84 bits per heavy atom. The molecule has 2 N–H and O–H groups in total. The fraction of sp³-hybridized carbons (Fsp3) is 0.538. The number of thiophene rings is 1. The van der Waals surface area contributed by atoms with Crippen LogP contribution in [0.25, 0.3) is 0 Å². The number of aryl methyl sites for hydroxylation is 1. The van der Waals surface area contributed by atoms with Crippen molar-refractivity contribution >= 4 is 28.2 Å². The summed E-state index contributed by atoms with van der Waals surface area (Å²) in [5.41, 5.74) is -0.691. The Bertz CT molecular complexity index is 503. The van der Waals surface area contributed by atoms with Crippen LogP contribution < -0.4 is 5.32 Å². The molecule has 0 bridgehead atoms. The Kier molecular flexibility index (Phi) is 3.91. The zero-order valence-corrected chi connectivity index (χ0v) is 11.8. The van der Waals surface area contributed by atoms with Crippen LogP contribution in [-0.2, 0) is 16.0 Å². The Labute approximate surface area is 115 Å². The molecule has 1 aliphatic heterocycles. The van der Waals surface area contributed by atoms with Crippen LogP contribution in [0.1, 0.15) is 41.9 Å². The Morgan fingerprint density at radius 2 is 2.32 bits per heavy atom. The highest BCUT2D eigenvalue weighted by atomic mass is 32.1. The van der Waals surface area contributed by atoms with E-state index < -0.39 is 11.6 Å². The first-order valence-corrected chi connectivity index (χ1v) is 7.09. The highest BCUT2D eigenvalue weighted by Crippen LogP contribution is 2.32. The summed E-state index contributed by atoms with van der Waals surface area (Å²) in [4.78, 5) is 24.3. The van der Waals surface area contributed by atoms with Gasteiger partial charge in [-0.25, -0.2) is 4.79 Å². The number of anilines is 1. The third-order valence-electron chi connectivity index (χ3n) is 3.29. The molecule has 19 heavy (non-hydrogen) atoms. The third kappa shape index (κ3) is 2.79. The highest BCUT2D eigenvalue weighted by Gasteiger charge is 2.38. The van der Waals surface area contributed by atoms with Gasteiger partial charge in [-0.1, -0.05) is 6.92 Å². The van der Waals surface area contributed by atoms with Crippen molar-refractivity contribution in [3.8, 4) is 0 Å². The van der Waals surface area contributed by atoms with E-state index in [0.717, 1.165) is 17.7 Å². The largest absolute Gasteiger partial charge is 0.478 e. The van der Waals surface area contributed by atoms with Gasteiger partial charge in [-0.2, -0.15) is 0 Å². The first-order valence-electron chi connectivity index (χ1n) is 6.27. The number of carboxylic acid groups (broad SMARTS) is 1. The fourth-order valence-corrected chi connectivity index (χ4v) is 3.04. The quantitative estimate of drug-likeness (QED) is 0.890. The minimum Gasteiger partial charge on any atom is -0.478 e. The maximum Gasteiger partial charge on any atom is 0.338 e. The molecule has 104 valence electrons. The summed E-state index contributed by atoms with van der Waals surface area (Å²) in [5, 5.41) is 12.2. The van der Waals surface area contributed by atoms with E-state index in [1.807, 2.05) is 6.92 Å². The van der Waals surface area contributed by atoms with Crippen molar-refractivity contribution in [3.63, 3.8) is 0 Å². The summed E-state index contributed by atoms with van der Waals surface area (Å²) in [7, 11) is 0. The van der Waals surface area contributed by atoms with Crippen LogP contribution in [0.5, 0.6) is 0 Å². The molecule has 1 fully saturated rings. The molecule has 1 aromatic rings. The van der Waals surface area contributed by atoms with Crippen molar-refractivity contribution in [2.75, 3.05) is 11.9 Å². The smallest absolute Gasteiger partial charge is 0.338 e. The predicted molar refractivity (Wildman–Crippen MR) is 72.9 cm³/mol. The molecule has 2 rings (SSSR count). The minimum atomic E-state index is -1.02. The van der Waals surface area contributed by atoms with E-state index in [0.29, 0.717) is 18.0 Å². The molecule has 1 aromatic heterocycles. The van der Waals surface area contributed by atoms with Crippen LogP contribution in [0.2, 0.25) is 0 Å². The molecule has 6 heteroatoms. The van der Waals surface area contributed by atoms with Crippen molar-refractivity contribution in [2.24, 2.45) is 0 Å². The van der Waals surface area contributed by atoms with Crippen LogP contribution in [0.15, 0.2) is 6.07 Å². The van der Waals surface area contributed by atoms with Gasteiger partial charge in [0.05, 0.1) is 5.56 Å². The minimum absolute atomic E-state index is 0.150. The van der Waals surface area contributed by atoms with E-state index in [9.17, 15) is 9.59 Å². The molecule has 1 unspecified atom stereocenters. The number of carbonyl (C=O) groups excluding carboxylic acids is 1. The first kappa shape index (κ1) is 14.0. The van der Waals surface area contributed by atoms with Gasteiger partial charge in [-0.05, 0) is 32.3 Å².